The first-order valence-electron chi connectivity index (χ1n) is 9.94. The monoisotopic (exact) mass is 407 g/mol. The molecule has 0 atom stereocenters. The number of amides is 1. The second-order valence-corrected chi connectivity index (χ2v) is 7.00. The van der Waals surface area contributed by atoms with E-state index >= 15 is 0 Å². The van der Waals surface area contributed by atoms with E-state index in [1.54, 1.807) is 30.3 Å². The predicted molar refractivity (Wildman–Crippen MR) is 124 cm³/mol. The number of carbonyl (C=O) groups excluding carboxylic acids is 2. The summed E-state index contributed by atoms with van der Waals surface area (Å²) < 4.78 is 5.25. The van der Waals surface area contributed by atoms with E-state index in [2.05, 4.69) is 18.0 Å². The van der Waals surface area contributed by atoms with Crippen molar-refractivity contribution in [2.45, 2.75) is 0 Å². The molecule has 4 nitrogen and oxygen atoms in total. The fourth-order valence-corrected chi connectivity index (χ4v) is 3.49. The molecule has 0 radical (unpaired) electrons. The van der Waals surface area contributed by atoms with Crippen LogP contribution in [0.25, 0.3) is 27.6 Å². The van der Waals surface area contributed by atoms with Crippen LogP contribution < -0.4 is 5.32 Å². The van der Waals surface area contributed by atoms with Crippen LogP contribution in [0.3, 0.4) is 0 Å². The van der Waals surface area contributed by atoms with Crippen molar-refractivity contribution < 1.29 is 14.3 Å². The smallest absolute Gasteiger partial charge is 0.355 e. The largest absolute Gasteiger partial charge is 0.457 e. The molecule has 4 rings (SSSR count). The van der Waals surface area contributed by atoms with E-state index in [1.165, 1.54) is 6.08 Å². The van der Waals surface area contributed by atoms with Crippen LogP contribution >= 0.6 is 0 Å². The van der Waals surface area contributed by atoms with E-state index in [1.807, 2.05) is 54.6 Å². The Kier molecular flexibility index (Phi) is 5.90. The zero-order valence-corrected chi connectivity index (χ0v) is 16.9. The standard InChI is InChI=1S/C27H21NO3/c1-2-16-31-27(30)25(28-26(29)19-10-4-3-5-11-19)18-24-22-14-8-6-12-20(22)17-21-13-7-9-15-23(21)24/h2-15,17-18H,1,16H2,(H,28,29)/b25-18-. The maximum absolute atomic E-state index is 12.8. The number of nitrogens with one attached hydrogen (secondary N) is 1. The number of esters is 1. The van der Waals surface area contributed by atoms with Gasteiger partial charge in [0.25, 0.3) is 5.91 Å². The van der Waals surface area contributed by atoms with Gasteiger partial charge in [0, 0.05) is 5.56 Å². The van der Waals surface area contributed by atoms with E-state index < -0.39 is 5.97 Å². The van der Waals surface area contributed by atoms with Crippen LogP contribution in [0.15, 0.2) is 103 Å². The molecule has 0 aliphatic rings. The summed E-state index contributed by atoms with van der Waals surface area (Å²) in [4.78, 5) is 25.6. The Bertz CT molecular complexity index is 1250. The number of hydrogen-bond donors (Lipinski definition) is 1. The molecule has 0 aliphatic carbocycles. The van der Waals surface area contributed by atoms with Crippen molar-refractivity contribution in [3.05, 3.63) is 114 Å². The molecule has 0 saturated carbocycles. The molecule has 4 aromatic rings. The van der Waals surface area contributed by atoms with Crippen LogP contribution in [-0.2, 0) is 9.53 Å². The summed E-state index contributed by atoms with van der Waals surface area (Å²) >= 11 is 0. The molecule has 0 saturated heterocycles. The Balaban J connectivity index is 1.86. The van der Waals surface area contributed by atoms with Gasteiger partial charge >= 0.3 is 5.97 Å². The van der Waals surface area contributed by atoms with E-state index in [-0.39, 0.29) is 18.2 Å². The summed E-state index contributed by atoms with van der Waals surface area (Å²) in [7, 11) is 0. The van der Waals surface area contributed by atoms with E-state index in [4.69, 9.17) is 4.74 Å². The van der Waals surface area contributed by atoms with Crippen molar-refractivity contribution in [2.75, 3.05) is 6.61 Å². The van der Waals surface area contributed by atoms with Gasteiger partial charge in [0.1, 0.15) is 12.3 Å². The summed E-state index contributed by atoms with van der Waals surface area (Å²) in [6, 6.07) is 26.8. The fraction of sp³-hybridized carbons (Fsp3) is 0.0370. The highest BCUT2D eigenvalue weighted by Gasteiger charge is 2.17. The van der Waals surface area contributed by atoms with Crippen LogP contribution in [0.2, 0.25) is 0 Å². The number of ether oxygens (including phenoxy) is 1. The minimum Gasteiger partial charge on any atom is -0.457 e. The summed E-state index contributed by atoms with van der Waals surface area (Å²) in [5.41, 5.74) is 1.36. The third-order valence-electron chi connectivity index (χ3n) is 4.94. The summed E-state index contributed by atoms with van der Waals surface area (Å²) in [5.74, 6) is -1.01. The maximum Gasteiger partial charge on any atom is 0.355 e. The van der Waals surface area contributed by atoms with Crippen molar-refractivity contribution >= 4 is 39.5 Å². The molecular weight excluding hydrogens is 386 g/mol. The molecule has 4 heteroatoms. The van der Waals surface area contributed by atoms with Gasteiger partial charge in [0.05, 0.1) is 0 Å². The second-order valence-electron chi connectivity index (χ2n) is 7.00. The molecule has 1 N–H and O–H groups in total. The average molecular weight is 407 g/mol. The van der Waals surface area contributed by atoms with E-state index in [9.17, 15) is 9.59 Å². The summed E-state index contributed by atoms with van der Waals surface area (Å²) in [6.07, 6.45) is 3.18. The van der Waals surface area contributed by atoms with Gasteiger partial charge in [-0.15, -0.1) is 0 Å². The summed E-state index contributed by atoms with van der Waals surface area (Å²) in [6.45, 7) is 3.63. The van der Waals surface area contributed by atoms with Crippen molar-refractivity contribution in [3.8, 4) is 0 Å². The Hall–Kier alpha value is -4.18. The zero-order valence-electron chi connectivity index (χ0n) is 16.9. The lowest BCUT2D eigenvalue weighted by molar-refractivity contribution is -0.138. The zero-order chi connectivity index (χ0) is 21.6. The SMILES string of the molecule is C=CCOC(=O)/C(=C/c1c2ccccc2cc2ccccc12)NC(=O)c1ccccc1. The van der Waals surface area contributed by atoms with Crippen molar-refractivity contribution in [3.63, 3.8) is 0 Å². The van der Waals surface area contributed by atoms with Gasteiger partial charge in [-0.25, -0.2) is 4.79 Å². The lowest BCUT2D eigenvalue weighted by Crippen LogP contribution is -2.28. The third-order valence-corrected chi connectivity index (χ3v) is 4.94. The molecule has 0 heterocycles. The number of rotatable bonds is 6. The van der Waals surface area contributed by atoms with Gasteiger partial charge in [-0.1, -0.05) is 79.4 Å². The van der Waals surface area contributed by atoms with Crippen LogP contribution in [0.1, 0.15) is 15.9 Å². The Morgan fingerprint density at radius 1 is 0.839 bits per heavy atom. The number of carbonyl (C=O) groups is 2. The van der Waals surface area contributed by atoms with E-state index in [0.29, 0.717) is 5.56 Å². The summed E-state index contributed by atoms with van der Waals surface area (Å²) in [5, 5.41) is 6.77. The molecule has 0 unspecified atom stereocenters. The molecule has 0 aromatic heterocycles. The lowest BCUT2D eigenvalue weighted by Gasteiger charge is -2.13. The molecule has 152 valence electrons. The highest BCUT2D eigenvalue weighted by atomic mass is 16.5. The van der Waals surface area contributed by atoms with Gasteiger partial charge in [-0.3, -0.25) is 4.79 Å². The van der Waals surface area contributed by atoms with Crippen LogP contribution in [0, 0.1) is 0 Å². The highest BCUT2D eigenvalue weighted by Crippen LogP contribution is 2.30. The van der Waals surface area contributed by atoms with Crippen molar-refractivity contribution in [1.82, 2.24) is 5.32 Å². The quantitative estimate of drug-likeness (QED) is 0.199. The first kappa shape index (κ1) is 20.1. The normalized spacial score (nSPS) is 11.3. The molecular formula is C27H21NO3. The van der Waals surface area contributed by atoms with Crippen LogP contribution in [0.4, 0.5) is 0 Å². The number of hydrogen-bond acceptors (Lipinski definition) is 3. The molecule has 0 bridgehead atoms. The molecule has 0 aliphatic heterocycles. The van der Waals surface area contributed by atoms with Gasteiger partial charge in [-0.05, 0) is 51.4 Å². The van der Waals surface area contributed by atoms with Gasteiger partial charge in [0.2, 0.25) is 0 Å². The molecule has 4 aromatic carbocycles. The van der Waals surface area contributed by atoms with Crippen molar-refractivity contribution in [2.24, 2.45) is 0 Å². The fourth-order valence-electron chi connectivity index (χ4n) is 3.49. The highest BCUT2D eigenvalue weighted by molar-refractivity contribution is 6.10. The Labute approximate surface area is 180 Å². The van der Waals surface area contributed by atoms with Crippen LogP contribution in [-0.4, -0.2) is 18.5 Å². The molecule has 0 spiro atoms. The van der Waals surface area contributed by atoms with Gasteiger partial charge in [0.15, 0.2) is 0 Å². The molecule has 0 fully saturated rings. The topological polar surface area (TPSA) is 55.4 Å². The number of benzene rings is 4. The maximum atomic E-state index is 12.8. The van der Waals surface area contributed by atoms with E-state index in [0.717, 1.165) is 27.1 Å². The molecule has 31 heavy (non-hydrogen) atoms. The Morgan fingerprint density at radius 2 is 1.42 bits per heavy atom. The second kappa shape index (κ2) is 9.09. The van der Waals surface area contributed by atoms with Crippen LogP contribution in [0.5, 0.6) is 0 Å². The van der Waals surface area contributed by atoms with Gasteiger partial charge < -0.3 is 10.1 Å². The average Bonchev–Trinajstić information content (AvgIpc) is 2.82. The molecule has 1 amide bonds. The van der Waals surface area contributed by atoms with Gasteiger partial charge in [-0.2, -0.15) is 0 Å². The first-order valence-corrected chi connectivity index (χ1v) is 9.94. The Morgan fingerprint density at radius 3 is 2.03 bits per heavy atom. The lowest BCUT2D eigenvalue weighted by atomic mass is 9.96. The first-order chi connectivity index (χ1) is 15.2. The minimum absolute atomic E-state index is 0.0493. The number of fused-ring (bicyclic) bond motifs is 2. The predicted octanol–water partition coefficient (Wildman–Crippen LogP) is 5.49. The minimum atomic E-state index is -0.624. The van der Waals surface area contributed by atoms with Crippen molar-refractivity contribution in [1.29, 1.82) is 0 Å². The third kappa shape index (κ3) is 4.38.